The van der Waals surface area contributed by atoms with Crippen LogP contribution < -0.4 is 5.32 Å². The SMILES string of the molecule is CCC(CC(=O)O)NC(=O)c1cc([N+](=O)[O-])ccc1C. The molecule has 0 saturated carbocycles. The van der Waals surface area contributed by atoms with Crippen LogP contribution in [0.4, 0.5) is 5.69 Å². The lowest BCUT2D eigenvalue weighted by Crippen LogP contribution is -2.36. The first kappa shape index (κ1) is 15.6. The Labute approximate surface area is 115 Å². The minimum absolute atomic E-state index is 0.174. The van der Waals surface area contributed by atoms with Crippen LogP contribution in [0.3, 0.4) is 0 Å². The van der Waals surface area contributed by atoms with Gasteiger partial charge < -0.3 is 10.4 Å². The number of nitrogens with zero attached hydrogens (tertiary/aromatic N) is 1. The lowest BCUT2D eigenvalue weighted by Gasteiger charge is -2.15. The Bertz CT molecular complexity index is 542. The molecule has 0 aromatic heterocycles. The number of benzene rings is 1. The van der Waals surface area contributed by atoms with Crippen LogP contribution in [0.5, 0.6) is 0 Å². The van der Waals surface area contributed by atoms with Gasteiger partial charge in [0, 0.05) is 23.7 Å². The van der Waals surface area contributed by atoms with Crippen LogP contribution >= 0.6 is 0 Å². The summed E-state index contributed by atoms with van der Waals surface area (Å²) >= 11 is 0. The Balaban J connectivity index is 2.93. The topological polar surface area (TPSA) is 110 Å². The second kappa shape index (κ2) is 6.65. The highest BCUT2D eigenvalue weighted by atomic mass is 16.6. The Morgan fingerprint density at radius 3 is 2.60 bits per heavy atom. The van der Waals surface area contributed by atoms with Gasteiger partial charge in [-0.1, -0.05) is 13.0 Å². The largest absolute Gasteiger partial charge is 0.481 e. The van der Waals surface area contributed by atoms with Crippen LogP contribution in [0.2, 0.25) is 0 Å². The molecule has 0 aliphatic rings. The molecule has 108 valence electrons. The Kier molecular flexibility index (Phi) is 5.19. The van der Waals surface area contributed by atoms with Crippen molar-refractivity contribution < 1.29 is 19.6 Å². The fraction of sp³-hybridized carbons (Fsp3) is 0.385. The van der Waals surface area contributed by atoms with Crippen LogP contribution in [0.25, 0.3) is 0 Å². The van der Waals surface area contributed by atoms with Gasteiger partial charge in [-0.05, 0) is 18.9 Å². The number of nitro groups is 1. The van der Waals surface area contributed by atoms with E-state index in [0.717, 1.165) is 0 Å². The van der Waals surface area contributed by atoms with Crippen LogP contribution in [-0.4, -0.2) is 27.9 Å². The molecule has 0 fully saturated rings. The number of non-ortho nitro benzene ring substituents is 1. The molecule has 1 atom stereocenters. The van der Waals surface area contributed by atoms with Crippen molar-refractivity contribution in [2.24, 2.45) is 0 Å². The van der Waals surface area contributed by atoms with Gasteiger partial charge in [0.1, 0.15) is 0 Å². The van der Waals surface area contributed by atoms with Crippen molar-refractivity contribution in [1.82, 2.24) is 5.32 Å². The number of carbonyl (C=O) groups is 2. The summed E-state index contributed by atoms with van der Waals surface area (Å²) in [5.74, 6) is -1.51. The number of carboxylic acids is 1. The van der Waals surface area contributed by atoms with Gasteiger partial charge in [0.2, 0.25) is 0 Å². The van der Waals surface area contributed by atoms with Gasteiger partial charge in [-0.15, -0.1) is 0 Å². The smallest absolute Gasteiger partial charge is 0.305 e. The summed E-state index contributed by atoms with van der Waals surface area (Å²) in [6.45, 7) is 3.42. The summed E-state index contributed by atoms with van der Waals surface area (Å²) in [7, 11) is 0. The molecular formula is C13H16N2O5. The molecule has 0 radical (unpaired) electrons. The monoisotopic (exact) mass is 280 g/mol. The van der Waals surface area contributed by atoms with E-state index in [2.05, 4.69) is 5.32 Å². The average Bonchev–Trinajstić information content (AvgIpc) is 2.37. The fourth-order valence-corrected chi connectivity index (χ4v) is 1.74. The van der Waals surface area contributed by atoms with E-state index in [0.29, 0.717) is 12.0 Å². The van der Waals surface area contributed by atoms with Gasteiger partial charge in [0.15, 0.2) is 0 Å². The molecule has 1 amide bonds. The fourth-order valence-electron chi connectivity index (χ4n) is 1.74. The molecule has 1 aromatic carbocycles. The average molecular weight is 280 g/mol. The number of amides is 1. The zero-order chi connectivity index (χ0) is 15.3. The summed E-state index contributed by atoms with van der Waals surface area (Å²) in [5.41, 5.74) is 0.605. The molecule has 0 aliphatic heterocycles. The Morgan fingerprint density at radius 1 is 1.45 bits per heavy atom. The number of carboxylic acid groups (broad SMARTS) is 1. The van der Waals surface area contributed by atoms with E-state index in [9.17, 15) is 19.7 Å². The summed E-state index contributed by atoms with van der Waals surface area (Å²) in [4.78, 5) is 32.8. The van der Waals surface area contributed by atoms with Crippen molar-refractivity contribution in [3.8, 4) is 0 Å². The second-order valence-corrected chi connectivity index (χ2v) is 4.43. The predicted octanol–water partition coefficient (Wildman–Crippen LogP) is 1.89. The number of aliphatic carboxylic acids is 1. The summed E-state index contributed by atoms with van der Waals surface area (Å²) < 4.78 is 0. The molecule has 0 bridgehead atoms. The van der Waals surface area contributed by atoms with E-state index in [1.54, 1.807) is 13.8 Å². The molecule has 0 spiro atoms. The first-order chi connectivity index (χ1) is 9.35. The number of carbonyl (C=O) groups excluding carboxylic acids is 1. The van der Waals surface area contributed by atoms with Crippen molar-refractivity contribution in [3.05, 3.63) is 39.4 Å². The molecule has 0 aliphatic carbocycles. The van der Waals surface area contributed by atoms with Crippen molar-refractivity contribution in [1.29, 1.82) is 0 Å². The van der Waals surface area contributed by atoms with E-state index >= 15 is 0 Å². The normalized spacial score (nSPS) is 11.7. The van der Waals surface area contributed by atoms with Crippen molar-refractivity contribution in [3.63, 3.8) is 0 Å². The molecule has 20 heavy (non-hydrogen) atoms. The number of rotatable bonds is 6. The van der Waals surface area contributed by atoms with Crippen LogP contribution in [-0.2, 0) is 4.79 Å². The van der Waals surface area contributed by atoms with Crippen LogP contribution in [0.1, 0.15) is 35.7 Å². The Hall–Kier alpha value is -2.44. The van der Waals surface area contributed by atoms with Gasteiger partial charge in [-0.25, -0.2) is 0 Å². The molecule has 2 N–H and O–H groups in total. The van der Waals surface area contributed by atoms with E-state index in [1.807, 2.05) is 0 Å². The van der Waals surface area contributed by atoms with Gasteiger partial charge in [0.25, 0.3) is 11.6 Å². The predicted molar refractivity (Wildman–Crippen MR) is 71.6 cm³/mol. The molecule has 0 saturated heterocycles. The lowest BCUT2D eigenvalue weighted by atomic mass is 10.1. The maximum atomic E-state index is 12.1. The first-order valence-corrected chi connectivity index (χ1v) is 6.12. The maximum Gasteiger partial charge on any atom is 0.305 e. The standard InChI is InChI=1S/C13H16N2O5/c1-3-9(6-12(16)17)14-13(18)11-7-10(15(19)20)5-4-8(11)2/h4-5,7,9H,3,6H2,1-2H3,(H,14,18)(H,16,17). The highest BCUT2D eigenvalue weighted by Gasteiger charge is 2.18. The van der Waals surface area contributed by atoms with Crippen molar-refractivity contribution in [2.45, 2.75) is 32.7 Å². The van der Waals surface area contributed by atoms with Gasteiger partial charge in [0.05, 0.1) is 11.3 Å². The molecule has 7 nitrogen and oxygen atoms in total. The summed E-state index contributed by atoms with van der Waals surface area (Å²) in [6, 6.07) is 3.50. The molecular weight excluding hydrogens is 264 g/mol. The third-order valence-electron chi connectivity index (χ3n) is 2.93. The molecule has 1 aromatic rings. The number of nitrogens with one attached hydrogen (secondary N) is 1. The summed E-state index contributed by atoms with van der Waals surface area (Å²) in [5, 5.41) is 22.0. The highest BCUT2D eigenvalue weighted by molar-refractivity contribution is 5.96. The molecule has 7 heteroatoms. The van der Waals surface area contributed by atoms with Crippen LogP contribution in [0, 0.1) is 17.0 Å². The first-order valence-electron chi connectivity index (χ1n) is 6.12. The zero-order valence-corrected chi connectivity index (χ0v) is 11.3. The van der Waals surface area contributed by atoms with Crippen LogP contribution in [0.15, 0.2) is 18.2 Å². The quantitative estimate of drug-likeness (QED) is 0.610. The minimum atomic E-state index is -1.01. The molecule has 1 unspecified atom stereocenters. The Morgan fingerprint density at radius 2 is 2.10 bits per heavy atom. The van der Waals surface area contributed by atoms with E-state index < -0.39 is 22.8 Å². The third kappa shape index (κ3) is 4.04. The molecule has 0 heterocycles. The highest BCUT2D eigenvalue weighted by Crippen LogP contribution is 2.17. The second-order valence-electron chi connectivity index (χ2n) is 4.43. The number of aryl methyl sites for hydroxylation is 1. The van der Waals surface area contributed by atoms with E-state index in [4.69, 9.17) is 5.11 Å². The zero-order valence-electron chi connectivity index (χ0n) is 11.3. The third-order valence-corrected chi connectivity index (χ3v) is 2.93. The van der Waals surface area contributed by atoms with E-state index in [-0.39, 0.29) is 17.7 Å². The number of hydrogen-bond acceptors (Lipinski definition) is 4. The van der Waals surface area contributed by atoms with Gasteiger partial charge in [-0.3, -0.25) is 19.7 Å². The van der Waals surface area contributed by atoms with Crippen molar-refractivity contribution in [2.75, 3.05) is 0 Å². The maximum absolute atomic E-state index is 12.1. The van der Waals surface area contributed by atoms with Crippen molar-refractivity contribution >= 4 is 17.6 Å². The summed E-state index contributed by atoms with van der Waals surface area (Å²) in [6.07, 6.45) is 0.280. The van der Waals surface area contributed by atoms with Gasteiger partial charge >= 0.3 is 5.97 Å². The van der Waals surface area contributed by atoms with E-state index in [1.165, 1.54) is 18.2 Å². The number of nitro benzene ring substituents is 1. The lowest BCUT2D eigenvalue weighted by molar-refractivity contribution is -0.384. The minimum Gasteiger partial charge on any atom is -0.481 e. The molecule has 1 rings (SSSR count). The van der Waals surface area contributed by atoms with Gasteiger partial charge in [-0.2, -0.15) is 0 Å². The number of hydrogen-bond donors (Lipinski definition) is 2.